The molecule has 0 bridgehead atoms. The van der Waals surface area contributed by atoms with E-state index in [1.54, 1.807) is 6.07 Å². The maximum atomic E-state index is 11.4. The summed E-state index contributed by atoms with van der Waals surface area (Å²) in [6.07, 6.45) is 1.42. The fraction of sp³-hybridized carbons (Fsp3) is 0.643. The Morgan fingerprint density at radius 1 is 1.38 bits per heavy atom. The van der Waals surface area contributed by atoms with Crippen molar-refractivity contribution in [2.75, 3.05) is 32.7 Å². The largest absolute Gasteiger partial charge is 0.467 e. The van der Waals surface area contributed by atoms with Crippen molar-refractivity contribution >= 4 is 5.91 Å². The molecule has 0 radical (unpaired) electrons. The van der Waals surface area contributed by atoms with E-state index in [2.05, 4.69) is 15.2 Å². The molecule has 7 heteroatoms. The lowest BCUT2D eigenvalue weighted by Gasteiger charge is -2.36. The van der Waals surface area contributed by atoms with Crippen LogP contribution in [0.4, 0.5) is 0 Å². The molecular weight excluding hydrogens is 272 g/mol. The van der Waals surface area contributed by atoms with E-state index in [0.717, 1.165) is 31.9 Å². The van der Waals surface area contributed by atoms with Gasteiger partial charge in [0.05, 0.1) is 17.7 Å². The smallest absolute Gasteiger partial charge is 0.268 e. The SMILES string of the molecule is CC(C)(O)CN1CCN(Cc2cc(C(=O)NN)co2)CC1. The first-order chi connectivity index (χ1) is 9.87. The quantitative estimate of drug-likeness (QED) is 0.395. The van der Waals surface area contributed by atoms with E-state index in [9.17, 15) is 9.90 Å². The number of amides is 1. The Morgan fingerprint density at radius 3 is 2.57 bits per heavy atom. The van der Waals surface area contributed by atoms with Gasteiger partial charge in [0, 0.05) is 32.7 Å². The molecule has 21 heavy (non-hydrogen) atoms. The zero-order valence-corrected chi connectivity index (χ0v) is 12.6. The highest BCUT2D eigenvalue weighted by atomic mass is 16.3. The predicted molar refractivity (Wildman–Crippen MR) is 78.4 cm³/mol. The van der Waals surface area contributed by atoms with Crippen LogP contribution in [-0.4, -0.2) is 59.1 Å². The molecule has 0 saturated carbocycles. The van der Waals surface area contributed by atoms with Gasteiger partial charge in [-0.3, -0.25) is 20.0 Å². The normalized spacial score (nSPS) is 17.9. The molecule has 0 aliphatic carbocycles. The van der Waals surface area contributed by atoms with Crippen molar-refractivity contribution in [2.45, 2.75) is 26.0 Å². The third-order valence-corrected chi connectivity index (χ3v) is 3.50. The van der Waals surface area contributed by atoms with E-state index in [4.69, 9.17) is 10.3 Å². The van der Waals surface area contributed by atoms with Gasteiger partial charge in [-0.25, -0.2) is 5.84 Å². The Morgan fingerprint density at radius 2 is 2.00 bits per heavy atom. The van der Waals surface area contributed by atoms with E-state index < -0.39 is 5.60 Å². The number of piperazine rings is 1. The lowest BCUT2D eigenvalue weighted by atomic mass is 10.1. The maximum absolute atomic E-state index is 11.4. The number of rotatable bonds is 5. The van der Waals surface area contributed by atoms with Crippen molar-refractivity contribution in [1.29, 1.82) is 0 Å². The Hall–Kier alpha value is -1.41. The minimum absolute atomic E-state index is 0.347. The van der Waals surface area contributed by atoms with Gasteiger partial charge < -0.3 is 9.52 Å². The Labute approximate surface area is 124 Å². The van der Waals surface area contributed by atoms with Gasteiger partial charge in [0.1, 0.15) is 12.0 Å². The highest BCUT2D eigenvalue weighted by molar-refractivity contribution is 5.93. The molecule has 1 aliphatic rings. The van der Waals surface area contributed by atoms with Crippen molar-refractivity contribution in [3.63, 3.8) is 0 Å². The van der Waals surface area contributed by atoms with Gasteiger partial charge in [-0.05, 0) is 19.9 Å². The number of carbonyl (C=O) groups excluding carboxylic acids is 1. The summed E-state index contributed by atoms with van der Waals surface area (Å²) in [5, 5.41) is 9.83. The minimum Gasteiger partial charge on any atom is -0.467 e. The first-order valence-corrected chi connectivity index (χ1v) is 7.13. The van der Waals surface area contributed by atoms with Crippen LogP contribution in [0.25, 0.3) is 0 Å². The number of aliphatic hydroxyl groups is 1. The third kappa shape index (κ3) is 4.82. The van der Waals surface area contributed by atoms with Crippen LogP contribution in [0, 0.1) is 0 Å². The van der Waals surface area contributed by atoms with Crippen LogP contribution in [0.1, 0.15) is 30.0 Å². The first kappa shape index (κ1) is 16.0. The highest BCUT2D eigenvalue weighted by Gasteiger charge is 2.23. The number of β-amino-alcohol motifs (C(OH)–C–C–N with tert-alkyl or cyclic N) is 1. The Balaban J connectivity index is 1.81. The monoisotopic (exact) mass is 296 g/mol. The molecule has 1 saturated heterocycles. The van der Waals surface area contributed by atoms with Crippen LogP contribution in [0.2, 0.25) is 0 Å². The van der Waals surface area contributed by atoms with Gasteiger partial charge >= 0.3 is 0 Å². The van der Waals surface area contributed by atoms with Gasteiger partial charge in [-0.1, -0.05) is 0 Å². The van der Waals surface area contributed by atoms with E-state index in [-0.39, 0.29) is 5.91 Å². The van der Waals surface area contributed by atoms with Crippen LogP contribution in [-0.2, 0) is 6.54 Å². The lowest BCUT2D eigenvalue weighted by Crippen LogP contribution is -2.50. The fourth-order valence-electron chi connectivity index (χ4n) is 2.54. The van der Waals surface area contributed by atoms with Gasteiger partial charge in [0.2, 0.25) is 0 Å². The molecule has 2 rings (SSSR count). The number of nitrogens with two attached hydrogens (primary N) is 1. The average molecular weight is 296 g/mol. The number of hydrogen-bond acceptors (Lipinski definition) is 6. The summed E-state index contributed by atoms with van der Waals surface area (Å²) in [5.74, 6) is 5.49. The molecule has 118 valence electrons. The molecular formula is C14H24N4O3. The summed E-state index contributed by atoms with van der Waals surface area (Å²) in [6, 6.07) is 1.71. The third-order valence-electron chi connectivity index (χ3n) is 3.50. The topological polar surface area (TPSA) is 95.0 Å². The van der Waals surface area contributed by atoms with Gasteiger partial charge in [0.15, 0.2) is 0 Å². The second-order valence-electron chi connectivity index (χ2n) is 6.14. The maximum Gasteiger partial charge on any atom is 0.268 e. The van der Waals surface area contributed by atoms with Crippen LogP contribution in [0.5, 0.6) is 0 Å². The molecule has 1 aliphatic heterocycles. The Kier molecular flexibility index (Phi) is 5.00. The number of nitrogens with one attached hydrogen (secondary N) is 1. The van der Waals surface area contributed by atoms with Crippen LogP contribution in [0.15, 0.2) is 16.7 Å². The standard InChI is InChI=1S/C14H24N4O3/c1-14(2,20)10-18-5-3-17(4-6-18)8-12-7-11(9-21-12)13(19)16-15/h7,9,20H,3-6,8,10,15H2,1-2H3,(H,16,19). The molecule has 1 amide bonds. The summed E-state index contributed by atoms with van der Waals surface area (Å²) < 4.78 is 5.39. The van der Waals surface area contributed by atoms with Crippen LogP contribution >= 0.6 is 0 Å². The zero-order valence-electron chi connectivity index (χ0n) is 12.6. The predicted octanol–water partition coefficient (Wildman–Crippen LogP) is -0.228. The number of furan rings is 1. The van der Waals surface area contributed by atoms with Gasteiger partial charge in [-0.15, -0.1) is 0 Å². The molecule has 0 unspecified atom stereocenters. The summed E-state index contributed by atoms with van der Waals surface area (Å²) in [7, 11) is 0. The van der Waals surface area contributed by atoms with Crippen molar-refractivity contribution in [1.82, 2.24) is 15.2 Å². The number of nitrogen functional groups attached to an aromatic ring is 1. The molecule has 4 N–H and O–H groups in total. The first-order valence-electron chi connectivity index (χ1n) is 7.13. The molecule has 7 nitrogen and oxygen atoms in total. The van der Waals surface area contributed by atoms with Crippen molar-refractivity contribution < 1.29 is 14.3 Å². The van der Waals surface area contributed by atoms with Crippen LogP contribution in [0.3, 0.4) is 0 Å². The van der Waals surface area contributed by atoms with Gasteiger partial charge in [0.25, 0.3) is 5.91 Å². The summed E-state index contributed by atoms with van der Waals surface area (Å²) >= 11 is 0. The molecule has 0 spiro atoms. The molecule has 2 heterocycles. The average Bonchev–Trinajstić information content (AvgIpc) is 2.87. The number of carbonyl (C=O) groups is 1. The van der Waals surface area contributed by atoms with Crippen molar-refractivity contribution in [3.8, 4) is 0 Å². The number of hydrazine groups is 1. The zero-order chi connectivity index (χ0) is 15.5. The number of hydrogen-bond donors (Lipinski definition) is 3. The van der Waals surface area contributed by atoms with Crippen LogP contribution < -0.4 is 11.3 Å². The summed E-state index contributed by atoms with van der Waals surface area (Å²) in [4.78, 5) is 15.9. The van der Waals surface area contributed by atoms with E-state index in [1.165, 1.54) is 6.26 Å². The summed E-state index contributed by atoms with van der Waals surface area (Å²) in [6.45, 7) is 8.67. The van der Waals surface area contributed by atoms with Gasteiger partial charge in [-0.2, -0.15) is 0 Å². The Bertz CT molecular complexity index is 473. The van der Waals surface area contributed by atoms with Crippen molar-refractivity contribution in [3.05, 3.63) is 23.7 Å². The second-order valence-corrected chi connectivity index (χ2v) is 6.14. The van der Waals surface area contributed by atoms with E-state index in [0.29, 0.717) is 18.7 Å². The fourth-order valence-corrected chi connectivity index (χ4v) is 2.54. The van der Waals surface area contributed by atoms with E-state index in [1.807, 2.05) is 13.8 Å². The molecule has 0 atom stereocenters. The number of nitrogens with zero attached hydrogens (tertiary/aromatic N) is 2. The summed E-state index contributed by atoms with van der Waals surface area (Å²) in [5.41, 5.74) is 1.86. The molecule has 1 aromatic rings. The van der Waals surface area contributed by atoms with E-state index >= 15 is 0 Å². The minimum atomic E-state index is -0.659. The molecule has 0 aromatic carbocycles. The highest BCUT2D eigenvalue weighted by Crippen LogP contribution is 2.14. The second kappa shape index (κ2) is 6.57. The molecule has 1 fully saturated rings. The van der Waals surface area contributed by atoms with Crippen molar-refractivity contribution in [2.24, 2.45) is 5.84 Å². The molecule has 1 aromatic heterocycles. The lowest BCUT2D eigenvalue weighted by molar-refractivity contribution is 0.0158.